The molecule has 1 amide bonds. The van der Waals surface area contributed by atoms with Crippen molar-refractivity contribution in [3.8, 4) is 0 Å². The van der Waals surface area contributed by atoms with Crippen molar-refractivity contribution in [2.75, 3.05) is 38.1 Å². The third-order valence-corrected chi connectivity index (χ3v) is 6.29. The largest absolute Gasteiger partial charge is 0.369 e. The Kier molecular flexibility index (Phi) is 9.11. The van der Waals surface area contributed by atoms with Crippen LogP contribution in [0.2, 0.25) is 0 Å². The number of guanidine groups is 1. The molecule has 33 heavy (non-hydrogen) atoms. The van der Waals surface area contributed by atoms with Crippen molar-refractivity contribution in [3.05, 3.63) is 65.9 Å². The quantitative estimate of drug-likeness (QED) is 0.333. The van der Waals surface area contributed by atoms with Crippen molar-refractivity contribution in [1.82, 2.24) is 15.2 Å². The van der Waals surface area contributed by atoms with E-state index >= 15 is 0 Å². The zero-order chi connectivity index (χ0) is 22.3. The minimum atomic E-state index is -0.223. The number of aromatic nitrogens is 1. The maximum atomic E-state index is 11.7. The number of benzene rings is 1. The Bertz CT molecular complexity index is 993. The molecule has 2 aromatic rings. The molecular weight excluding hydrogens is 527 g/mol. The van der Waals surface area contributed by atoms with E-state index in [0.717, 1.165) is 56.2 Å². The highest BCUT2D eigenvalue weighted by atomic mass is 127. The van der Waals surface area contributed by atoms with Gasteiger partial charge in [-0.2, -0.15) is 0 Å². The summed E-state index contributed by atoms with van der Waals surface area (Å²) in [7, 11) is 1.82. The van der Waals surface area contributed by atoms with E-state index in [9.17, 15) is 4.79 Å². The number of carbonyl (C=O) groups excluding carboxylic acids is 1. The van der Waals surface area contributed by atoms with Crippen molar-refractivity contribution >= 4 is 47.2 Å². The van der Waals surface area contributed by atoms with Crippen LogP contribution in [0, 0.1) is 5.92 Å². The molecule has 3 heterocycles. The number of hydrogen-bond donors (Lipinski definition) is 2. The van der Waals surface area contributed by atoms with Gasteiger partial charge in [-0.05, 0) is 36.5 Å². The monoisotopic (exact) mass is 560 g/mol. The van der Waals surface area contributed by atoms with Gasteiger partial charge in [0.25, 0.3) is 0 Å². The molecule has 2 aliphatic heterocycles. The van der Waals surface area contributed by atoms with Gasteiger partial charge in [0.15, 0.2) is 5.96 Å². The van der Waals surface area contributed by atoms with E-state index in [1.807, 2.05) is 19.3 Å². The van der Waals surface area contributed by atoms with Crippen molar-refractivity contribution in [2.45, 2.75) is 25.8 Å². The molecule has 1 fully saturated rings. The number of nitrogens with zero attached hydrogens (tertiary/aromatic N) is 4. The normalized spacial score (nSPS) is 18.9. The summed E-state index contributed by atoms with van der Waals surface area (Å²) in [5, 5.41) is 3.51. The van der Waals surface area contributed by atoms with Crippen LogP contribution in [-0.2, 0) is 11.3 Å². The fourth-order valence-electron chi connectivity index (χ4n) is 4.54. The lowest BCUT2D eigenvalue weighted by atomic mass is 9.97. The van der Waals surface area contributed by atoms with Gasteiger partial charge in [0.2, 0.25) is 5.91 Å². The van der Waals surface area contributed by atoms with Gasteiger partial charge < -0.3 is 20.9 Å². The first kappa shape index (κ1) is 25.0. The second kappa shape index (κ2) is 12.0. The first-order chi connectivity index (χ1) is 15.7. The molecule has 4 rings (SSSR count). The van der Waals surface area contributed by atoms with Crippen LogP contribution in [0.5, 0.6) is 0 Å². The SMILES string of the molecule is CN=C(NCc1cccnc1N1CCCC(C(N)=O)C1)N1CC=C(c2ccccc2)CC1.I. The van der Waals surface area contributed by atoms with Crippen molar-refractivity contribution in [3.63, 3.8) is 0 Å². The van der Waals surface area contributed by atoms with Crippen LogP contribution in [-0.4, -0.2) is 55.0 Å². The van der Waals surface area contributed by atoms with Gasteiger partial charge in [-0.15, -0.1) is 24.0 Å². The van der Waals surface area contributed by atoms with Crippen LogP contribution in [0.1, 0.15) is 30.4 Å². The van der Waals surface area contributed by atoms with Gasteiger partial charge in [-0.3, -0.25) is 9.79 Å². The summed E-state index contributed by atoms with van der Waals surface area (Å²) in [6.45, 7) is 3.90. The summed E-state index contributed by atoms with van der Waals surface area (Å²) < 4.78 is 0. The molecule has 1 atom stereocenters. The summed E-state index contributed by atoms with van der Waals surface area (Å²) in [6.07, 6.45) is 6.89. The van der Waals surface area contributed by atoms with E-state index in [0.29, 0.717) is 13.1 Å². The minimum Gasteiger partial charge on any atom is -0.369 e. The molecule has 1 saturated heterocycles. The molecule has 0 saturated carbocycles. The van der Waals surface area contributed by atoms with Gasteiger partial charge in [-0.1, -0.05) is 42.5 Å². The lowest BCUT2D eigenvalue weighted by molar-refractivity contribution is -0.122. The third kappa shape index (κ3) is 6.25. The summed E-state index contributed by atoms with van der Waals surface area (Å²) in [5.74, 6) is 1.47. The van der Waals surface area contributed by atoms with Crippen LogP contribution < -0.4 is 16.0 Å². The molecule has 0 radical (unpaired) electrons. The lowest BCUT2D eigenvalue weighted by Crippen LogP contribution is -2.44. The van der Waals surface area contributed by atoms with Crippen LogP contribution in [0.25, 0.3) is 5.57 Å². The Hall–Kier alpha value is -2.62. The average Bonchev–Trinajstić information content (AvgIpc) is 2.85. The van der Waals surface area contributed by atoms with E-state index < -0.39 is 0 Å². The number of piperidine rings is 1. The Morgan fingerprint density at radius 2 is 2.03 bits per heavy atom. The van der Waals surface area contributed by atoms with Gasteiger partial charge in [-0.25, -0.2) is 4.98 Å². The third-order valence-electron chi connectivity index (χ3n) is 6.29. The molecule has 1 aromatic heterocycles. The summed E-state index contributed by atoms with van der Waals surface area (Å²) in [4.78, 5) is 25.3. The zero-order valence-corrected chi connectivity index (χ0v) is 21.4. The number of rotatable bonds is 5. The van der Waals surface area contributed by atoms with E-state index in [2.05, 4.69) is 67.6 Å². The maximum Gasteiger partial charge on any atom is 0.222 e. The molecule has 0 spiro atoms. The number of nitrogens with two attached hydrogens (primary N) is 1. The number of aliphatic imine (C=N–C) groups is 1. The van der Waals surface area contributed by atoms with Crippen molar-refractivity contribution < 1.29 is 4.79 Å². The molecule has 8 heteroatoms. The topological polar surface area (TPSA) is 86.9 Å². The predicted molar refractivity (Wildman–Crippen MR) is 145 cm³/mol. The van der Waals surface area contributed by atoms with Gasteiger partial charge >= 0.3 is 0 Å². The highest BCUT2D eigenvalue weighted by molar-refractivity contribution is 14.0. The van der Waals surface area contributed by atoms with E-state index in [1.54, 1.807) is 0 Å². The Morgan fingerprint density at radius 1 is 1.21 bits per heavy atom. The molecule has 0 aliphatic carbocycles. The van der Waals surface area contributed by atoms with Crippen molar-refractivity contribution in [1.29, 1.82) is 0 Å². The summed E-state index contributed by atoms with van der Waals surface area (Å²) >= 11 is 0. The number of anilines is 1. The number of pyridine rings is 1. The number of primary amides is 1. The molecule has 1 unspecified atom stereocenters. The molecular formula is C25H33IN6O. The Balaban J connectivity index is 0.00000306. The maximum absolute atomic E-state index is 11.7. The first-order valence-electron chi connectivity index (χ1n) is 11.3. The molecule has 3 N–H and O–H groups in total. The Labute approximate surface area is 213 Å². The molecule has 7 nitrogen and oxygen atoms in total. The molecule has 0 bridgehead atoms. The van der Waals surface area contributed by atoms with Crippen LogP contribution in [0.3, 0.4) is 0 Å². The number of carbonyl (C=O) groups is 1. The highest BCUT2D eigenvalue weighted by Crippen LogP contribution is 2.25. The van der Waals surface area contributed by atoms with E-state index in [4.69, 9.17) is 5.73 Å². The smallest absolute Gasteiger partial charge is 0.222 e. The number of hydrogen-bond acceptors (Lipinski definition) is 4. The zero-order valence-electron chi connectivity index (χ0n) is 19.1. The predicted octanol–water partition coefficient (Wildman–Crippen LogP) is 3.27. The van der Waals surface area contributed by atoms with Gasteiger partial charge in [0, 0.05) is 51.5 Å². The van der Waals surface area contributed by atoms with Crippen LogP contribution >= 0.6 is 24.0 Å². The van der Waals surface area contributed by atoms with Crippen molar-refractivity contribution in [2.24, 2.45) is 16.6 Å². The van der Waals surface area contributed by atoms with Crippen LogP contribution in [0.4, 0.5) is 5.82 Å². The molecule has 1 aromatic carbocycles. The lowest BCUT2D eigenvalue weighted by Gasteiger charge is -2.33. The Morgan fingerprint density at radius 3 is 2.73 bits per heavy atom. The molecule has 2 aliphatic rings. The first-order valence-corrected chi connectivity index (χ1v) is 11.3. The fourth-order valence-corrected chi connectivity index (χ4v) is 4.54. The standard InChI is InChI=1S/C25H32N6O.HI/c1-27-25(30-15-11-20(12-16-30)19-7-3-2-4-8-19)29-17-21-9-5-13-28-24(21)31-14-6-10-22(18-31)23(26)32;/h2-5,7-9,11,13,22H,6,10,12,14-18H2,1H3,(H2,26,32)(H,27,29);1H. The van der Waals surface area contributed by atoms with Gasteiger partial charge in [0.05, 0.1) is 5.92 Å². The molecule has 176 valence electrons. The average molecular weight is 560 g/mol. The summed E-state index contributed by atoms with van der Waals surface area (Å²) in [5.41, 5.74) is 9.35. The van der Waals surface area contributed by atoms with E-state index in [1.165, 1.54) is 11.1 Å². The van der Waals surface area contributed by atoms with E-state index in [-0.39, 0.29) is 35.8 Å². The van der Waals surface area contributed by atoms with Gasteiger partial charge in [0.1, 0.15) is 5.82 Å². The second-order valence-electron chi connectivity index (χ2n) is 8.37. The summed E-state index contributed by atoms with van der Waals surface area (Å²) in [6, 6.07) is 14.6. The van der Waals surface area contributed by atoms with Crippen LogP contribution in [0.15, 0.2) is 59.7 Å². The second-order valence-corrected chi connectivity index (χ2v) is 8.37. The number of halogens is 1. The number of amides is 1. The minimum absolute atomic E-state index is 0. The number of nitrogens with one attached hydrogen (secondary N) is 1. The highest BCUT2D eigenvalue weighted by Gasteiger charge is 2.26. The fraction of sp³-hybridized carbons (Fsp3) is 0.400.